The Morgan fingerprint density at radius 2 is 1.71 bits per heavy atom. The number of nitrogens with two attached hydrogens (primary N) is 1. The van der Waals surface area contributed by atoms with Crippen molar-refractivity contribution in [2.45, 2.75) is 48.1 Å². The van der Waals surface area contributed by atoms with Crippen LogP contribution in [-0.2, 0) is 39.4 Å². The quantitative estimate of drug-likeness (QED) is 0.194. The van der Waals surface area contributed by atoms with Gasteiger partial charge in [-0.1, -0.05) is 0 Å². The molecule has 0 radical (unpaired) electrons. The molecule has 1 atom stereocenters. The highest BCUT2D eigenvalue weighted by Crippen LogP contribution is 2.46. The Kier molecular flexibility index (Phi) is 9.21. The lowest BCUT2D eigenvalue weighted by atomic mass is 9.97. The number of aromatic amines is 1. The number of imidazole rings is 1. The minimum atomic E-state index is -3.50. The number of nitrogens with one attached hydrogen (secondary N) is 1. The molecule has 2 aromatic heterocycles. The SMILES string of the molecule is CC(C)(C)C(=O)OCCP(=O)(COCCn1cnc2c(=O)[nH]c(N)nc21)OCOC(=O)C(C)(C)C. The molecule has 0 fully saturated rings. The standard InChI is InChI=1S/C21H34N5O8P/c1-20(2,3)17(28)32-9-10-35(30,34-12-33-18(29)21(4,5)6)13-31-8-7-26-11-23-14-15(26)24-19(22)25-16(14)27/h11H,7-10,12-13H2,1-6H3,(H3,22,24,25,27). The Hall–Kier alpha value is -2.76. The van der Waals surface area contributed by atoms with E-state index in [1.54, 1.807) is 46.1 Å². The number of carbonyl (C=O) groups excluding carboxylic acids is 2. The van der Waals surface area contributed by atoms with Crippen molar-refractivity contribution >= 4 is 36.4 Å². The fourth-order valence-corrected chi connectivity index (χ4v) is 3.91. The molecular weight excluding hydrogens is 481 g/mol. The number of aromatic nitrogens is 4. The normalized spacial score (nSPS) is 14.0. The van der Waals surface area contributed by atoms with Crippen LogP contribution in [0.3, 0.4) is 0 Å². The maximum absolute atomic E-state index is 13.3. The molecule has 0 aliphatic heterocycles. The van der Waals surface area contributed by atoms with E-state index in [0.717, 1.165) is 0 Å². The fourth-order valence-electron chi connectivity index (χ4n) is 2.55. The lowest BCUT2D eigenvalue weighted by Gasteiger charge is -2.22. The first-order chi connectivity index (χ1) is 16.1. The summed E-state index contributed by atoms with van der Waals surface area (Å²) in [5, 5.41) is 0. The van der Waals surface area contributed by atoms with E-state index in [0.29, 0.717) is 0 Å². The summed E-state index contributed by atoms with van der Waals surface area (Å²) in [6.45, 7) is 9.80. The molecule has 3 N–H and O–H groups in total. The predicted octanol–water partition coefficient (Wildman–Crippen LogP) is 2.11. The Morgan fingerprint density at radius 1 is 1.09 bits per heavy atom. The van der Waals surface area contributed by atoms with Crippen molar-refractivity contribution in [3.05, 3.63) is 16.7 Å². The van der Waals surface area contributed by atoms with Gasteiger partial charge in [0.25, 0.3) is 5.56 Å². The van der Waals surface area contributed by atoms with Crippen LogP contribution >= 0.6 is 7.37 Å². The molecule has 0 bridgehead atoms. The van der Waals surface area contributed by atoms with Crippen molar-refractivity contribution in [1.82, 2.24) is 19.5 Å². The Balaban J connectivity index is 1.97. The van der Waals surface area contributed by atoms with E-state index in [2.05, 4.69) is 15.0 Å². The summed E-state index contributed by atoms with van der Waals surface area (Å²) < 4.78 is 36.1. The van der Waals surface area contributed by atoms with Crippen LogP contribution in [0.25, 0.3) is 11.2 Å². The van der Waals surface area contributed by atoms with Gasteiger partial charge in [0.05, 0.1) is 29.9 Å². The smallest absolute Gasteiger partial charge is 0.313 e. The van der Waals surface area contributed by atoms with Crippen LogP contribution in [-0.4, -0.2) is 64.0 Å². The van der Waals surface area contributed by atoms with E-state index >= 15 is 0 Å². The van der Waals surface area contributed by atoms with Gasteiger partial charge in [0.15, 0.2) is 18.0 Å². The molecule has 2 aromatic rings. The Labute approximate surface area is 203 Å². The summed E-state index contributed by atoms with van der Waals surface area (Å²) in [6.07, 6.45) is 0.989. The summed E-state index contributed by atoms with van der Waals surface area (Å²) in [4.78, 5) is 46.3. The molecule has 2 rings (SSSR count). The molecule has 0 amide bonds. The van der Waals surface area contributed by atoms with Gasteiger partial charge in [0, 0.05) is 6.54 Å². The minimum Gasteiger partial charge on any atom is -0.465 e. The lowest BCUT2D eigenvalue weighted by molar-refractivity contribution is -0.159. The summed E-state index contributed by atoms with van der Waals surface area (Å²) >= 11 is 0. The number of hydrogen-bond acceptors (Lipinski definition) is 11. The molecule has 0 aliphatic carbocycles. The number of hydrogen-bond donors (Lipinski definition) is 2. The molecule has 0 spiro atoms. The average molecular weight is 516 g/mol. The van der Waals surface area contributed by atoms with Crippen LogP contribution in [0, 0.1) is 10.8 Å². The van der Waals surface area contributed by atoms with Gasteiger partial charge in [-0.25, -0.2) is 4.98 Å². The van der Waals surface area contributed by atoms with E-state index in [1.807, 2.05) is 0 Å². The van der Waals surface area contributed by atoms with Gasteiger partial charge in [-0.15, -0.1) is 0 Å². The van der Waals surface area contributed by atoms with Crippen LogP contribution in [0.2, 0.25) is 0 Å². The second-order valence-electron chi connectivity index (χ2n) is 9.95. The van der Waals surface area contributed by atoms with Gasteiger partial charge in [0.2, 0.25) is 13.3 Å². The van der Waals surface area contributed by atoms with Gasteiger partial charge >= 0.3 is 11.9 Å². The van der Waals surface area contributed by atoms with Crippen molar-refractivity contribution < 1.29 is 32.9 Å². The van der Waals surface area contributed by atoms with Crippen molar-refractivity contribution in [3.63, 3.8) is 0 Å². The van der Waals surface area contributed by atoms with Crippen LogP contribution in [0.5, 0.6) is 0 Å². The van der Waals surface area contributed by atoms with Crippen molar-refractivity contribution in [1.29, 1.82) is 0 Å². The number of nitrogens with zero attached hydrogens (tertiary/aromatic N) is 3. The van der Waals surface area contributed by atoms with Crippen LogP contribution in [0.4, 0.5) is 5.95 Å². The highest BCUT2D eigenvalue weighted by Gasteiger charge is 2.29. The summed E-state index contributed by atoms with van der Waals surface area (Å²) in [7, 11) is -3.50. The molecule has 0 saturated carbocycles. The van der Waals surface area contributed by atoms with E-state index in [1.165, 1.54) is 6.33 Å². The molecule has 196 valence electrons. The topological polar surface area (TPSA) is 178 Å². The number of anilines is 1. The molecular formula is C21H34N5O8P. The third-order valence-electron chi connectivity index (χ3n) is 4.63. The largest absolute Gasteiger partial charge is 0.465 e. The first kappa shape index (κ1) is 28.5. The molecule has 0 aliphatic rings. The number of carbonyl (C=O) groups is 2. The van der Waals surface area contributed by atoms with E-state index in [-0.39, 0.29) is 49.4 Å². The van der Waals surface area contributed by atoms with E-state index in [9.17, 15) is 18.9 Å². The summed E-state index contributed by atoms with van der Waals surface area (Å²) in [5.74, 6) is -1.01. The molecule has 1 unspecified atom stereocenters. The van der Waals surface area contributed by atoms with Crippen LogP contribution < -0.4 is 11.3 Å². The third kappa shape index (κ3) is 8.44. The van der Waals surface area contributed by atoms with Gasteiger partial charge in [-0.05, 0) is 41.5 Å². The van der Waals surface area contributed by atoms with Gasteiger partial charge in [-0.2, -0.15) is 4.98 Å². The highest BCUT2D eigenvalue weighted by molar-refractivity contribution is 7.58. The molecule has 35 heavy (non-hydrogen) atoms. The van der Waals surface area contributed by atoms with Gasteiger partial charge < -0.3 is 24.5 Å². The monoisotopic (exact) mass is 515 g/mol. The summed E-state index contributed by atoms with van der Waals surface area (Å²) in [5.41, 5.74) is 4.09. The number of fused-ring (bicyclic) bond motifs is 1. The van der Waals surface area contributed by atoms with Crippen molar-refractivity contribution in [3.8, 4) is 0 Å². The molecule has 2 heterocycles. The zero-order valence-corrected chi connectivity index (χ0v) is 21.8. The van der Waals surface area contributed by atoms with Crippen LogP contribution in [0.15, 0.2) is 11.1 Å². The molecule has 0 aromatic carbocycles. The molecule has 0 saturated heterocycles. The lowest BCUT2D eigenvalue weighted by Crippen LogP contribution is -2.25. The third-order valence-corrected chi connectivity index (χ3v) is 6.64. The number of ether oxygens (including phenoxy) is 3. The first-order valence-corrected chi connectivity index (χ1v) is 13.0. The Morgan fingerprint density at radius 3 is 2.34 bits per heavy atom. The predicted molar refractivity (Wildman–Crippen MR) is 128 cm³/mol. The number of esters is 2. The first-order valence-electron chi connectivity index (χ1n) is 11.0. The highest BCUT2D eigenvalue weighted by atomic mass is 31.2. The maximum Gasteiger partial charge on any atom is 0.313 e. The zero-order valence-electron chi connectivity index (χ0n) is 21.0. The van der Waals surface area contributed by atoms with Crippen LogP contribution in [0.1, 0.15) is 41.5 Å². The second-order valence-corrected chi connectivity index (χ2v) is 12.5. The minimum absolute atomic E-state index is 0.0438. The van der Waals surface area contributed by atoms with Crippen molar-refractivity contribution in [2.75, 3.05) is 38.3 Å². The number of nitrogen functional groups attached to an aromatic ring is 1. The zero-order chi connectivity index (χ0) is 26.4. The second kappa shape index (κ2) is 11.3. The van der Waals surface area contributed by atoms with E-state index < -0.39 is 42.5 Å². The number of H-pyrrole nitrogens is 1. The summed E-state index contributed by atoms with van der Waals surface area (Å²) in [6, 6.07) is 0. The average Bonchev–Trinajstić information content (AvgIpc) is 3.13. The molecule has 13 nitrogen and oxygen atoms in total. The maximum atomic E-state index is 13.3. The van der Waals surface area contributed by atoms with Crippen molar-refractivity contribution in [2.24, 2.45) is 10.8 Å². The van der Waals surface area contributed by atoms with E-state index in [4.69, 9.17) is 24.5 Å². The van der Waals surface area contributed by atoms with Gasteiger partial charge in [0.1, 0.15) is 13.0 Å². The molecule has 14 heteroatoms. The fraction of sp³-hybridized carbons (Fsp3) is 0.667. The van der Waals surface area contributed by atoms with Gasteiger partial charge in [-0.3, -0.25) is 28.5 Å². The number of rotatable bonds is 11. The Bertz CT molecular complexity index is 1110.